The normalized spacial score (nSPS) is 16.8. The molecule has 5 nitrogen and oxygen atoms in total. The zero-order valence-corrected chi connectivity index (χ0v) is 7.53. The van der Waals surface area contributed by atoms with Crippen molar-refractivity contribution in [3.63, 3.8) is 0 Å². The van der Waals surface area contributed by atoms with Crippen molar-refractivity contribution in [3.8, 4) is 6.07 Å². The van der Waals surface area contributed by atoms with E-state index in [4.69, 9.17) is 5.26 Å². The quantitative estimate of drug-likeness (QED) is 0.673. The molecular weight excluding hydrogens is 190 g/mol. The molecule has 1 saturated carbocycles. The molecule has 1 aliphatic carbocycles. The van der Waals surface area contributed by atoms with E-state index >= 15 is 0 Å². The first-order chi connectivity index (χ1) is 6.14. The van der Waals surface area contributed by atoms with Crippen molar-refractivity contribution in [2.45, 2.75) is 18.1 Å². The number of hydrogen-bond acceptors (Lipinski definition) is 4. The molecule has 1 aromatic heterocycles. The first kappa shape index (κ1) is 8.26. The van der Waals surface area contributed by atoms with Gasteiger partial charge < -0.3 is 0 Å². The summed E-state index contributed by atoms with van der Waals surface area (Å²) < 4.78 is 23.9. The van der Waals surface area contributed by atoms with Crippen molar-refractivity contribution in [2.75, 3.05) is 0 Å². The van der Waals surface area contributed by atoms with Crippen LogP contribution in [0.5, 0.6) is 0 Å². The van der Waals surface area contributed by atoms with Crippen LogP contribution in [-0.2, 0) is 10.0 Å². The second-order valence-electron chi connectivity index (χ2n) is 2.96. The van der Waals surface area contributed by atoms with Gasteiger partial charge in [-0.3, -0.25) is 0 Å². The maximum absolute atomic E-state index is 11.5. The van der Waals surface area contributed by atoms with Crippen molar-refractivity contribution < 1.29 is 8.42 Å². The van der Waals surface area contributed by atoms with Gasteiger partial charge in [0.1, 0.15) is 6.07 Å². The number of aromatic nitrogens is 2. The summed E-state index contributed by atoms with van der Waals surface area (Å²) in [5.74, 6) is 0. The molecule has 0 saturated heterocycles. The molecule has 1 fully saturated rings. The van der Waals surface area contributed by atoms with Crippen LogP contribution in [0.3, 0.4) is 0 Å². The molecule has 1 aromatic rings. The maximum atomic E-state index is 11.5. The Labute approximate surface area is 75.6 Å². The molecule has 0 bridgehead atoms. The first-order valence-corrected chi connectivity index (χ1v) is 5.34. The molecular formula is C7H7N3O2S. The molecule has 0 aliphatic heterocycles. The summed E-state index contributed by atoms with van der Waals surface area (Å²) >= 11 is 0. The fourth-order valence-electron chi connectivity index (χ4n) is 1.02. The van der Waals surface area contributed by atoms with Gasteiger partial charge in [0.15, 0.2) is 0 Å². The molecule has 68 valence electrons. The summed E-state index contributed by atoms with van der Waals surface area (Å²) in [5, 5.41) is 11.8. The molecule has 0 aromatic carbocycles. The fraction of sp³-hybridized carbons (Fsp3) is 0.429. The third kappa shape index (κ3) is 1.31. The van der Waals surface area contributed by atoms with Crippen LogP contribution in [0.4, 0.5) is 0 Å². The monoisotopic (exact) mass is 197 g/mol. The molecule has 0 N–H and O–H groups in total. The predicted molar refractivity (Wildman–Crippen MR) is 44.3 cm³/mol. The van der Waals surface area contributed by atoms with Gasteiger partial charge in [-0.15, -0.1) is 0 Å². The van der Waals surface area contributed by atoms with Crippen LogP contribution in [0.1, 0.15) is 18.4 Å². The molecule has 1 aliphatic rings. The van der Waals surface area contributed by atoms with Crippen LogP contribution >= 0.6 is 0 Å². The summed E-state index contributed by atoms with van der Waals surface area (Å²) in [7, 11) is -3.30. The first-order valence-electron chi connectivity index (χ1n) is 3.84. The zero-order chi connectivity index (χ0) is 9.47. The van der Waals surface area contributed by atoms with Crippen molar-refractivity contribution >= 4 is 10.0 Å². The van der Waals surface area contributed by atoms with E-state index in [2.05, 4.69) is 5.10 Å². The molecule has 0 spiro atoms. The highest BCUT2D eigenvalue weighted by atomic mass is 32.2. The minimum atomic E-state index is -3.30. The van der Waals surface area contributed by atoms with E-state index < -0.39 is 10.0 Å². The molecule has 0 amide bonds. The van der Waals surface area contributed by atoms with Gasteiger partial charge in [-0.25, -0.2) is 8.42 Å². The molecule has 13 heavy (non-hydrogen) atoms. The Bertz CT molecular complexity index is 464. The van der Waals surface area contributed by atoms with Gasteiger partial charge in [-0.05, 0) is 12.8 Å². The highest BCUT2D eigenvalue weighted by molar-refractivity contribution is 7.90. The van der Waals surface area contributed by atoms with Crippen LogP contribution in [0.2, 0.25) is 0 Å². The molecule has 0 atom stereocenters. The van der Waals surface area contributed by atoms with Gasteiger partial charge in [0.25, 0.3) is 10.0 Å². The summed E-state index contributed by atoms with van der Waals surface area (Å²) in [6.07, 6.45) is 3.89. The van der Waals surface area contributed by atoms with E-state index in [-0.39, 0.29) is 10.8 Å². The van der Waals surface area contributed by atoms with E-state index in [1.807, 2.05) is 6.07 Å². The Hall–Kier alpha value is -1.35. The molecule has 6 heteroatoms. The highest BCUT2D eigenvalue weighted by Crippen LogP contribution is 2.29. The van der Waals surface area contributed by atoms with E-state index in [9.17, 15) is 8.42 Å². The number of rotatable bonds is 2. The van der Waals surface area contributed by atoms with Gasteiger partial charge in [-0.2, -0.15) is 14.4 Å². The average Bonchev–Trinajstić information content (AvgIpc) is 2.84. The molecule has 2 rings (SSSR count). The van der Waals surface area contributed by atoms with E-state index in [1.165, 1.54) is 12.4 Å². The van der Waals surface area contributed by atoms with E-state index in [1.54, 1.807) is 0 Å². The van der Waals surface area contributed by atoms with E-state index in [0.717, 1.165) is 4.09 Å². The Morgan fingerprint density at radius 2 is 2.31 bits per heavy atom. The largest absolute Gasteiger partial charge is 0.256 e. The Balaban J connectivity index is 2.41. The van der Waals surface area contributed by atoms with Crippen LogP contribution in [0, 0.1) is 11.3 Å². The van der Waals surface area contributed by atoms with E-state index in [0.29, 0.717) is 12.8 Å². The molecule has 1 heterocycles. The lowest BCUT2D eigenvalue weighted by Crippen LogP contribution is -2.17. The molecule has 0 radical (unpaired) electrons. The lowest BCUT2D eigenvalue weighted by atomic mass is 10.4. The summed E-state index contributed by atoms with van der Waals surface area (Å²) in [4.78, 5) is 0. The predicted octanol–water partition coefficient (Wildman–Crippen LogP) is 0.0951. The minimum absolute atomic E-state index is 0.268. The Morgan fingerprint density at radius 3 is 2.77 bits per heavy atom. The minimum Gasteiger partial charge on any atom is -0.204 e. The van der Waals surface area contributed by atoms with Crippen molar-refractivity contribution in [3.05, 3.63) is 18.0 Å². The topological polar surface area (TPSA) is 75.8 Å². The standard InChI is InChI=1S/C7H7N3O2S/c8-3-6-4-9-10(5-6)13(11,12)7-1-2-7/h4-5,7H,1-2H2. The van der Waals surface area contributed by atoms with Crippen LogP contribution in [-0.4, -0.2) is 22.9 Å². The van der Waals surface area contributed by atoms with Gasteiger partial charge in [0.2, 0.25) is 0 Å². The van der Waals surface area contributed by atoms with Gasteiger partial charge in [0, 0.05) is 0 Å². The summed E-state index contributed by atoms with van der Waals surface area (Å²) in [6, 6.07) is 1.83. The fourth-order valence-corrected chi connectivity index (χ4v) is 2.50. The summed E-state index contributed by atoms with van der Waals surface area (Å²) in [6.45, 7) is 0. The smallest absolute Gasteiger partial charge is 0.204 e. The van der Waals surface area contributed by atoms with Gasteiger partial charge >= 0.3 is 0 Å². The lowest BCUT2D eigenvalue weighted by molar-refractivity contribution is 0.578. The van der Waals surface area contributed by atoms with Crippen LogP contribution in [0.25, 0.3) is 0 Å². The van der Waals surface area contributed by atoms with Crippen molar-refractivity contribution in [1.82, 2.24) is 9.19 Å². The van der Waals surface area contributed by atoms with Crippen LogP contribution < -0.4 is 0 Å². The number of hydrogen-bond donors (Lipinski definition) is 0. The Kier molecular flexibility index (Phi) is 1.63. The van der Waals surface area contributed by atoms with Crippen molar-refractivity contribution in [1.29, 1.82) is 5.26 Å². The lowest BCUT2D eigenvalue weighted by Gasteiger charge is -1.99. The molecule has 0 unspecified atom stereocenters. The van der Waals surface area contributed by atoms with Crippen molar-refractivity contribution in [2.24, 2.45) is 0 Å². The number of nitrogens with zero attached hydrogens (tertiary/aromatic N) is 3. The second-order valence-corrected chi connectivity index (χ2v) is 5.03. The SMILES string of the molecule is N#Cc1cnn(S(=O)(=O)C2CC2)c1. The summed E-state index contributed by atoms with van der Waals surface area (Å²) in [5.41, 5.74) is 0.268. The third-order valence-electron chi connectivity index (χ3n) is 1.90. The second kappa shape index (κ2) is 2.57. The average molecular weight is 197 g/mol. The highest BCUT2D eigenvalue weighted by Gasteiger charge is 2.37. The van der Waals surface area contributed by atoms with Gasteiger partial charge in [0.05, 0.1) is 23.2 Å². The van der Waals surface area contributed by atoms with Crippen LogP contribution in [0.15, 0.2) is 12.4 Å². The third-order valence-corrected chi connectivity index (χ3v) is 3.93. The maximum Gasteiger partial charge on any atom is 0.256 e. The van der Waals surface area contributed by atoms with Gasteiger partial charge in [-0.1, -0.05) is 0 Å². The number of nitriles is 1. The zero-order valence-electron chi connectivity index (χ0n) is 6.71. The Morgan fingerprint density at radius 1 is 1.62 bits per heavy atom.